The monoisotopic (exact) mass is 497 g/mol. The topological polar surface area (TPSA) is 81.0 Å². The number of halogens is 2. The maximum atomic E-state index is 13.8. The van der Waals surface area contributed by atoms with Crippen LogP contribution in [0.25, 0.3) is 0 Å². The highest BCUT2D eigenvalue weighted by Crippen LogP contribution is 2.40. The first kappa shape index (κ1) is 22.5. The van der Waals surface area contributed by atoms with E-state index in [1.807, 2.05) is 11.6 Å². The Kier molecular flexibility index (Phi) is 5.96. The van der Waals surface area contributed by atoms with Gasteiger partial charge in [0.15, 0.2) is 11.9 Å². The second-order valence-corrected chi connectivity index (χ2v) is 10.4. The van der Waals surface area contributed by atoms with Crippen molar-refractivity contribution in [2.45, 2.75) is 57.7 Å². The highest BCUT2D eigenvalue weighted by molar-refractivity contribution is 6.30. The Hall–Kier alpha value is -2.94. The fourth-order valence-corrected chi connectivity index (χ4v) is 6.03. The van der Waals surface area contributed by atoms with Gasteiger partial charge in [-0.2, -0.15) is 4.98 Å². The molecule has 8 nitrogen and oxygen atoms in total. The Labute approximate surface area is 208 Å². The predicted octanol–water partition coefficient (Wildman–Crippen LogP) is 4.80. The molecule has 1 saturated heterocycles. The maximum absolute atomic E-state index is 13.8. The minimum atomic E-state index is -0.413. The van der Waals surface area contributed by atoms with Gasteiger partial charge in [0, 0.05) is 48.5 Å². The van der Waals surface area contributed by atoms with Gasteiger partial charge in [-0.15, -0.1) is 5.10 Å². The molecule has 1 aliphatic carbocycles. The van der Waals surface area contributed by atoms with Crippen LogP contribution in [-0.2, 0) is 6.54 Å². The lowest BCUT2D eigenvalue weighted by Crippen LogP contribution is -2.48. The third-order valence-electron chi connectivity index (χ3n) is 7.43. The zero-order valence-corrected chi connectivity index (χ0v) is 20.5. The molecule has 1 aromatic carbocycles. The molecule has 0 amide bonds. The fourth-order valence-electron chi connectivity index (χ4n) is 5.82. The smallest absolute Gasteiger partial charge is 0.242 e. The van der Waals surface area contributed by atoms with Crippen molar-refractivity contribution < 1.29 is 9.13 Å². The largest absolute Gasteiger partial charge is 0.482 e. The summed E-state index contributed by atoms with van der Waals surface area (Å²) in [4.78, 5) is 16.0. The molecule has 6 rings (SSSR count). The van der Waals surface area contributed by atoms with Crippen molar-refractivity contribution >= 4 is 23.4 Å². The molecule has 184 valence electrons. The predicted molar refractivity (Wildman–Crippen MR) is 131 cm³/mol. The summed E-state index contributed by atoms with van der Waals surface area (Å²) in [7, 11) is 0. The van der Waals surface area contributed by atoms with Crippen LogP contribution in [0.4, 0.5) is 16.2 Å². The molecule has 0 unspecified atom stereocenters. The molecule has 2 aliphatic heterocycles. The summed E-state index contributed by atoms with van der Waals surface area (Å²) in [6.45, 7) is 4.73. The van der Waals surface area contributed by atoms with E-state index in [9.17, 15) is 4.39 Å². The van der Waals surface area contributed by atoms with Gasteiger partial charge in [0.2, 0.25) is 5.95 Å². The van der Waals surface area contributed by atoms with E-state index >= 15 is 0 Å². The summed E-state index contributed by atoms with van der Waals surface area (Å²) in [5.74, 6) is 3.47. The van der Waals surface area contributed by atoms with Crippen molar-refractivity contribution in [1.82, 2.24) is 24.7 Å². The van der Waals surface area contributed by atoms with E-state index in [4.69, 9.17) is 26.4 Å². The third kappa shape index (κ3) is 4.66. The van der Waals surface area contributed by atoms with Gasteiger partial charge < -0.3 is 15.0 Å². The van der Waals surface area contributed by atoms with Crippen LogP contribution in [-0.4, -0.2) is 43.9 Å². The molecule has 0 radical (unpaired) electrons. The first-order chi connectivity index (χ1) is 17.0. The first-order valence-electron chi connectivity index (χ1n) is 12.4. The second-order valence-electron chi connectivity index (χ2n) is 9.91. The Balaban J connectivity index is 1.18. The Morgan fingerprint density at radius 1 is 1.06 bits per heavy atom. The number of aromatic nitrogens is 5. The van der Waals surface area contributed by atoms with Crippen molar-refractivity contribution in [2.24, 2.45) is 11.8 Å². The first-order valence-corrected chi connectivity index (χ1v) is 12.8. The molecule has 4 atom stereocenters. The van der Waals surface area contributed by atoms with Crippen molar-refractivity contribution in [1.29, 1.82) is 0 Å². The molecular weight excluding hydrogens is 469 g/mol. The van der Waals surface area contributed by atoms with Crippen molar-refractivity contribution in [3.8, 4) is 5.75 Å². The maximum Gasteiger partial charge on any atom is 0.242 e. The molecule has 35 heavy (non-hydrogen) atoms. The molecule has 10 heteroatoms. The van der Waals surface area contributed by atoms with Crippen LogP contribution in [0.2, 0.25) is 5.02 Å². The average molecular weight is 498 g/mol. The van der Waals surface area contributed by atoms with E-state index in [-0.39, 0.29) is 6.10 Å². The van der Waals surface area contributed by atoms with Crippen molar-refractivity contribution in [3.05, 3.63) is 53.0 Å². The van der Waals surface area contributed by atoms with Crippen LogP contribution in [0.3, 0.4) is 0 Å². The number of piperidine rings is 1. The molecule has 3 aliphatic rings. The van der Waals surface area contributed by atoms with Crippen molar-refractivity contribution in [3.63, 3.8) is 0 Å². The van der Waals surface area contributed by atoms with E-state index in [0.717, 1.165) is 56.2 Å². The molecule has 2 aromatic heterocycles. The van der Waals surface area contributed by atoms with E-state index in [1.165, 1.54) is 25.0 Å². The summed E-state index contributed by atoms with van der Waals surface area (Å²) in [6.07, 6.45) is 6.51. The molecular formula is C25H29ClFN7O. The number of hydrogen-bond donors (Lipinski definition) is 1. The van der Waals surface area contributed by atoms with Crippen LogP contribution < -0.4 is 15.0 Å². The minimum Gasteiger partial charge on any atom is -0.482 e. The quantitative estimate of drug-likeness (QED) is 0.542. The van der Waals surface area contributed by atoms with E-state index in [0.29, 0.717) is 34.6 Å². The minimum absolute atomic E-state index is 0.294. The van der Waals surface area contributed by atoms with Gasteiger partial charge in [0.25, 0.3) is 0 Å². The molecule has 1 N–H and O–H groups in total. The normalized spacial score (nSPS) is 25.7. The summed E-state index contributed by atoms with van der Waals surface area (Å²) in [6, 6.07) is 6.67. The van der Waals surface area contributed by atoms with Gasteiger partial charge in [0.1, 0.15) is 23.7 Å². The molecule has 4 heterocycles. The molecule has 2 fully saturated rings. The van der Waals surface area contributed by atoms with Gasteiger partial charge in [-0.05, 0) is 63.0 Å². The van der Waals surface area contributed by atoms with E-state index in [2.05, 4.69) is 26.3 Å². The fraction of sp³-hybridized carbons (Fsp3) is 0.520. The third-order valence-corrected chi connectivity index (χ3v) is 7.65. The Morgan fingerprint density at radius 3 is 2.66 bits per heavy atom. The number of nitrogens with zero attached hydrogens (tertiary/aromatic N) is 6. The average Bonchev–Trinajstić information content (AvgIpc) is 3.23. The lowest BCUT2D eigenvalue weighted by Gasteiger charge is -2.38. The van der Waals surface area contributed by atoms with Crippen molar-refractivity contribution in [2.75, 3.05) is 23.3 Å². The zero-order valence-electron chi connectivity index (χ0n) is 19.7. The number of benzene rings is 1. The zero-order chi connectivity index (χ0) is 23.9. The van der Waals surface area contributed by atoms with Gasteiger partial charge in [-0.25, -0.2) is 19.0 Å². The van der Waals surface area contributed by atoms with Crippen LogP contribution in [0.1, 0.15) is 49.7 Å². The lowest BCUT2D eigenvalue weighted by molar-refractivity contribution is 0.183. The van der Waals surface area contributed by atoms with Gasteiger partial charge in [0.05, 0.1) is 0 Å². The van der Waals surface area contributed by atoms with E-state index in [1.54, 1.807) is 12.4 Å². The highest BCUT2D eigenvalue weighted by atomic mass is 35.5. The van der Waals surface area contributed by atoms with Crippen LogP contribution >= 0.6 is 11.6 Å². The van der Waals surface area contributed by atoms with Crippen LogP contribution in [0, 0.1) is 24.6 Å². The Bertz CT molecular complexity index is 1190. The number of hydrogen-bond acceptors (Lipinski definition) is 7. The van der Waals surface area contributed by atoms with Gasteiger partial charge in [-0.1, -0.05) is 11.6 Å². The number of rotatable bonds is 5. The number of aryl methyl sites for hydroxylation is 2. The van der Waals surface area contributed by atoms with E-state index < -0.39 is 5.82 Å². The van der Waals surface area contributed by atoms with Crippen LogP contribution in [0.15, 0.2) is 30.6 Å². The summed E-state index contributed by atoms with van der Waals surface area (Å²) in [5.41, 5.74) is 0.989. The SMILES string of the molecule is Cc1cc(N2C[C@H]3CC[C@@H](C2)[C@@H]3Nc2nc3n(n2)CCCC[C@@H]3Oc2cc(F)cc(Cl)c2)ncn1. The second kappa shape index (κ2) is 9.26. The number of fused-ring (bicyclic) bond motifs is 3. The lowest BCUT2D eigenvalue weighted by atomic mass is 9.92. The Morgan fingerprint density at radius 2 is 1.89 bits per heavy atom. The molecule has 2 bridgehead atoms. The van der Waals surface area contributed by atoms with Gasteiger partial charge in [-0.3, -0.25) is 0 Å². The van der Waals surface area contributed by atoms with Gasteiger partial charge >= 0.3 is 0 Å². The number of anilines is 2. The molecule has 3 aromatic rings. The summed E-state index contributed by atoms with van der Waals surface area (Å²) < 4.78 is 21.9. The number of ether oxygens (including phenoxy) is 1. The standard InChI is InChI=1S/C25H29ClFN7O/c1-15-8-22(29-14-28-15)33-12-16-5-6-17(13-33)23(16)30-25-31-24-21(4-2-3-7-34(24)32-25)35-20-10-18(26)9-19(27)11-20/h8-11,14,16-17,21,23H,2-7,12-13H2,1H3,(H,30,32)/t16-,17+,21-,23-/m0/s1. The van der Waals surface area contributed by atoms with Crippen LogP contribution in [0.5, 0.6) is 5.75 Å². The number of nitrogens with one attached hydrogen (secondary N) is 1. The molecule has 0 spiro atoms. The highest BCUT2D eigenvalue weighted by Gasteiger charge is 2.43. The summed E-state index contributed by atoms with van der Waals surface area (Å²) in [5, 5.41) is 8.78. The molecule has 1 saturated carbocycles. The summed E-state index contributed by atoms with van der Waals surface area (Å²) >= 11 is 6.03.